The van der Waals surface area contributed by atoms with Crippen LogP contribution in [0, 0.1) is 5.82 Å². The van der Waals surface area contributed by atoms with Gasteiger partial charge in [-0.05, 0) is 54.9 Å². The van der Waals surface area contributed by atoms with Crippen LogP contribution >= 0.6 is 0 Å². The number of halogens is 1. The van der Waals surface area contributed by atoms with Crippen LogP contribution in [0.15, 0.2) is 53.6 Å². The first-order chi connectivity index (χ1) is 11.2. The summed E-state index contributed by atoms with van der Waals surface area (Å²) in [5, 5.41) is 6.64. The third-order valence-electron chi connectivity index (χ3n) is 3.98. The number of nitrogens with two attached hydrogens (primary N) is 1. The Morgan fingerprint density at radius 1 is 1.26 bits per heavy atom. The fraction of sp³-hybridized carbons (Fsp3) is 0.278. The van der Waals surface area contributed by atoms with Gasteiger partial charge in [-0.15, -0.1) is 0 Å². The van der Waals surface area contributed by atoms with Crippen molar-refractivity contribution in [2.45, 2.75) is 18.9 Å². The average Bonchev–Trinajstić information content (AvgIpc) is 3.00. The third kappa shape index (κ3) is 3.35. The highest BCUT2D eigenvalue weighted by Crippen LogP contribution is 2.36. The minimum Gasteiger partial charge on any atom is -0.497 e. The van der Waals surface area contributed by atoms with Crippen molar-refractivity contribution in [2.24, 2.45) is 10.8 Å². The smallest absolute Gasteiger partial charge is 0.123 e. The monoisotopic (exact) mass is 313 g/mol. The predicted octanol–water partition coefficient (Wildman–Crippen LogP) is 3.49. The molecule has 3 rings (SSSR count). The zero-order valence-corrected chi connectivity index (χ0v) is 13.1. The lowest BCUT2D eigenvalue weighted by Crippen LogP contribution is -2.18. The first-order valence-corrected chi connectivity index (χ1v) is 7.66. The molecule has 1 aliphatic rings. The lowest BCUT2D eigenvalue weighted by Gasteiger charge is -2.24. The van der Waals surface area contributed by atoms with Crippen LogP contribution < -0.4 is 15.5 Å². The maximum atomic E-state index is 13.2. The number of methoxy groups -OCH3 is 1. The topological polar surface area (TPSA) is 50.9 Å². The van der Waals surface area contributed by atoms with E-state index in [1.807, 2.05) is 23.2 Å². The molecule has 0 saturated heterocycles. The van der Waals surface area contributed by atoms with Gasteiger partial charge in [-0.25, -0.2) is 4.39 Å². The molecule has 23 heavy (non-hydrogen) atoms. The minimum atomic E-state index is -0.253. The molecule has 0 fully saturated rings. The van der Waals surface area contributed by atoms with E-state index in [9.17, 15) is 4.39 Å². The summed E-state index contributed by atoms with van der Waals surface area (Å²) >= 11 is 0. The van der Waals surface area contributed by atoms with Crippen molar-refractivity contribution in [1.29, 1.82) is 0 Å². The van der Waals surface area contributed by atoms with Crippen molar-refractivity contribution in [3.63, 3.8) is 0 Å². The molecule has 0 aliphatic carbocycles. The Hall–Kier alpha value is -2.40. The second kappa shape index (κ2) is 6.79. The Morgan fingerprint density at radius 2 is 2.04 bits per heavy atom. The molecule has 1 aliphatic heterocycles. The molecule has 1 unspecified atom stereocenters. The van der Waals surface area contributed by atoms with Crippen LogP contribution in [0.1, 0.15) is 24.4 Å². The molecule has 0 radical (unpaired) electrons. The van der Waals surface area contributed by atoms with E-state index in [0.29, 0.717) is 6.54 Å². The normalized spacial score (nSPS) is 17.3. The van der Waals surface area contributed by atoms with Crippen LogP contribution in [-0.2, 0) is 0 Å². The summed E-state index contributed by atoms with van der Waals surface area (Å²) in [5.74, 6) is 0.561. The maximum Gasteiger partial charge on any atom is 0.123 e. The van der Waals surface area contributed by atoms with Crippen LogP contribution in [0.25, 0.3) is 0 Å². The summed E-state index contributed by atoms with van der Waals surface area (Å²) in [6.07, 6.45) is 1.57. The molecular weight excluding hydrogens is 293 g/mol. The molecule has 0 spiro atoms. The van der Waals surface area contributed by atoms with Gasteiger partial charge in [0.2, 0.25) is 0 Å². The van der Waals surface area contributed by atoms with Gasteiger partial charge in [-0.2, -0.15) is 5.10 Å². The lowest BCUT2D eigenvalue weighted by atomic mass is 10.00. The quantitative estimate of drug-likeness (QED) is 0.919. The standard InChI is InChI=1S/C18H20FN3O/c1-23-17-4-2-3-13(11-17)18-12-15(9-10-20)21-22(18)16-7-5-14(19)6-8-16/h2-8,11,18H,9-10,12,20H2,1H3. The van der Waals surface area contributed by atoms with Crippen LogP contribution in [0.2, 0.25) is 0 Å². The number of hydrogen-bond acceptors (Lipinski definition) is 4. The molecule has 0 saturated carbocycles. The van der Waals surface area contributed by atoms with Gasteiger partial charge in [0.05, 0.1) is 18.8 Å². The fourth-order valence-electron chi connectivity index (χ4n) is 2.83. The highest BCUT2D eigenvalue weighted by molar-refractivity contribution is 5.89. The van der Waals surface area contributed by atoms with Crippen molar-refractivity contribution < 1.29 is 9.13 Å². The number of ether oxygens (including phenoxy) is 1. The van der Waals surface area contributed by atoms with Gasteiger partial charge in [0.25, 0.3) is 0 Å². The van der Waals surface area contributed by atoms with Crippen LogP contribution in [-0.4, -0.2) is 19.4 Å². The largest absolute Gasteiger partial charge is 0.497 e. The van der Waals surface area contributed by atoms with Crippen molar-refractivity contribution in [2.75, 3.05) is 18.7 Å². The van der Waals surface area contributed by atoms with E-state index in [4.69, 9.17) is 15.6 Å². The maximum absolute atomic E-state index is 13.2. The predicted molar refractivity (Wildman–Crippen MR) is 90.3 cm³/mol. The van der Waals surface area contributed by atoms with Crippen molar-refractivity contribution in [3.05, 3.63) is 59.9 Å². The summed E-state index contributed by atoms with van der Waals surface area (Å²) in [4.78, 5) is 0. The van der Waals surface area contributed by atoms with E-state index in [1.54, 1.807) is 19.2 Å². The van der Waals surface area contributed by atoms with Gasteiger partial charge >= 0.3 is 0 Å². The summed E-state index contributed by atoms with van der Waals surface area (Å²) < 4.78 is 18.5. The number of rotatable bonds is 5. The van der Waals surface area contributed by atoms with E-state index >= 15 is 0 Å². The molecule has 2 aromatic carbocycles. The zero-order chi connectivity index (χ0) is 16.2. The van der Waals surface area contributed by atoms with Crippen molar-refractivity contribution in [1.82, 2.24) is 0 Å². The summed E-state index contributed by atoms with van der Waals surface area (Å²) in [6, 6.07) is 14.4. The number of anilines is 1. The van der Waals surface area contributed by atoms with E-state index in [-0.39, 0.29) is 11.9 Å². The van der Waals surface area contributed by atoms with E-state index in [0.717, 1.165) is 35.6 Å². The second-order valence-corrected chi connectivity index (χ2v) is 5.52. The van der Waals surface area contributed by atoms with Gasteiger partial charge < -0.3 is 10.5 Å². The molecule has 120 valence electrons. The van der Waals surface area contributed by atoms with Gasteiger partial charge in [-0.3, -0.25) is 5.01 Å². The van der Waals surface area contributed by atoms with Crippen molar-refractivity contribution >= 4 is 11.4 Å². The number of nitrogens with zero attached hydrogens (tertiary/aromatic N) is 2. The number of hydrazone groups is 1. The van der Waals surface area contributed by atoms with Crippen LogP contribution in [0.3, 0.4) is 0 Å². The highest BCUT2D eigenvalue weighted by atomic mass is 19.1. The first-order valence-electron chi connectivity index (χ1n) is 7.66. The summed E-state index contributed by atoms with van der Waals surface area (Å²) in [7, 11) is 1.65. The molecule has 0 amide bonds. The van der Waals surface area contributed by atoms with Gasteiger partial charge in [0.1, 0.15) is 11.6 Å². The molecule has 2 aromatic rings. The van der Waals surface area contributed by atoms with Crippen molar-refractivity contribution in [3.8, 4) is 5.75 Å². The minimum absolute atomic E-state index is 0.0668. The first kappa shape index (κ1) is 15.5. The Bertz CT molecular complexity index is 700. The molecule has 5 heteroatoms. The van der Waals surface area contributed by atoms with Gasteiger partial charge in [-0.1, -0.05) is 12.1 Å². The molecule has 1 heterocycles. The lowest BCUT2D eigenvalue weighted by molar-refractivity contribution is 0.414. The van der Waals surface area contributed by atoms with Gasteiger partial charge in [0, 0.05) is 12.1 Å². The zero-order valence-electron chi connectivity index (χ0n) is 13.1. The van der Waals surface area contributed by atoms with E-state index in [2.05, 4.69) is 6.07 Å². The Morgan fingerprint density at radius 3 is 2.74 bits per heavy atom. The molecular formula is C18H20FN3O. The Labute approximate surface area is 135 Å². The molecule has 0 aromatic heterocycles. The SMILES string of the molecule is COc1cccc(C2CC(CCN)=NN2c2ccc(F)cc2)c1. The Kier molecular flexibility index (Phi) is 4.57. The number of benzene rings is 2. The van der Waals surface area contributed by atoms with Crippen LogP contribution in [0.4, 0.5) is 10.1 Å². The molecule has 1 atom stereocenters. The number of hydrogen-bond donors (Lipinski definition) is 1. The summed E-state index contributed by atoms with van der Waals surface area (Å²) in [5.41, 5.74) is 8.72. The molecule has 2 N–H and O–H groups in total. The highest BCUT2D eigenvalue weighted by Gasteiger charge is 2.29. The van der Waals surface area contributed by atoms with Gasteiger partial charge in [0.15, 0.2) is 0 Å². The fourth-order valence-corrected chi connectivity index (χ4v) is 2.83. The third-order valence-corrected chi connectivity index (χ3v) is 3.98. The second-order valence-electron chi connectivity index (χ2n) is 5.52. The summed E-state index contributed by atoms with van der Waals surface area (Å²) in [6.45, 7) is 0.570. The molecule has 4 nitrogen and oxygen atoms in total. The van der Waals surface area contributed by atoms with E-state index < -0.39 is 0 Å². The van der Waals surface area contributed by atoms with E-state index in [1.165, 1.54) is 12.1 Å². The average molecular weight is 313 g/mol. The Balaban J connectivity index is 1.95. The van der Waals surface area contributed by atoms with Crippen LogP contribution in [0.5, 0.6) is 5.75 Å². The molecule has 0 bridgehead atoms.